The second kappa shape index (κ2) is 8.24. The van der Waals surface area contributed by atoms with Crippen molar-refractivity contribution >= 4 is 17.3 Å². The van der Waals surface area contributed by atoms with Gasteiger partial charge >= 0.3 is 5.97 Å². The minimum atomic E-state index is -0.696. The minimum Gasteiger partial charge on any atom is -0.497 e. The van der Waals surface area contributed by atoms with Crippen LogP contribution in [0.3, 0.4) is 0 Å². The first-order chi connectivity index (χ1) is 14.1. The largest absolute Gasteiger partial charge is 0.497 e. The number of nitrogens with zero attached hydrogens (tertiary/aromatic N) is 3. The first-order valence-electron chi connectivity index (χ1n) is 8.84. The summed E-state index contributed by atoms with van der Waals surface area (Å²) in [6.45, 7) is 1.68. The van der Waals surface area contributed by atoms with Gasteiger partial charge in [-0.05, 0) is 43.3 Å². The molecule has 7 nitrogen and oxygen atoms in total. The number of carbonyl (C=O) groups is 1. The van der Waals surface area contributed by atoms with Gasteiger partial charge in [0.1, 0.15) is 10.8 Å². The monoisotopic (exact) mass is 407 g/mol. The molecular formula is C21H17N3O4S. The van der Waals surface area contributed by atoms with Crippen LogP contribution in [0.25, 0.3) is 22.0 Å². The lowest BCUT2D eigenvalue weighted by Gasteiger charge is -2.07. The van der Waals surface area contributed by atoms with Crippen molar-refractivity contribution in [2.75, 3.05) is 7.11 Å². The van der Waals surface area contributed by atoms with Crippen LogP contribution in [0.1, 0.15) is 29.4 Å². The molecule has 0 aliphatic carbocycles. The van der Waals surface area contributed by atoms with Gasteiger partial charge in [-0.15, -0.1) is 21.5 Å². The number of carbonyl (C=O) groups excluding carboxylic acids is 1. The maximum absolute atomic E-state index is 12.5. The third-order valence-electron chi connectivity index (χ3n) is 4.14. The molecule has 8 heteroatoms. The van der Waals surface area contributed by atoms with Gasteiger partial charge in [-0.3, -0.25) is 0 Å². The van der Waals surface area contributed by atoms with Crippen LogP contribution >= 0.6 is 11.3 Å². The molecule has 0 aliphatic heterocycles. The molecule has 4 rings (SSSR count). The number of ether oxygens (including phenoxy) is 2. The van der Waals surface area contributed by atoms with Crippen LogP contribution in [0.4, 0.5) is 0 Å². The number of hydrogen-bond donors (Lipinski definition) is 0. The smallest absolute Gasteiger partial charge is 0.358 e. The molecule has 0 radical (unpaired) electrons. The molecule has 0 N–H and O–H groups in total. The normalized spacial score (nSPS) is 11.8. The van der Waals surface area contributed by atoms with Crippen molar-refractivity contribution in [1.29, 1.82) is 0 Å². The number of esters is 1. The highest BCUT2D eigenvalue weighted by Gasteiger charge is 2.21. The topological polar surface area (TPSA) is 87.3 Å². The zero-order valence-corrected chi connectivity index (χ0v) is 16.6. The Kier molecular flexibility index (Phi) is 5.35. The highest BCUT2D eigenvalue weighted by Crippen LogP contribution is 2.27. The van der Waals surface area contributed by atoms with Gasteiger partial charge in [-0.1, -0.05) is 18.2 Å². The van der Waals surface area contributed by atoms with E-state index in [1.807, 2.05) is 54.6 Å². The first-order valence-corrected chi connectivity index (χ1v) is 9.72. The van der Waals surface area contributed by atoms with Gasteiger partial charge in [-0.2, -0.15) is 0 Å². The van der Waals surface area contributed by atoms with Crippen molar-refractivity contribution in [3.8, 4) is 27.8 Å². The lowest BCUT2D eigenvalue weighted by Crippen LogP contribution is -2.10. The Balaban J connectivity index is 1.44. The molecule has 146 valence electrons. The molecule has 0 amide bonds. The molecule has 0 bridgehead atoms. The SMILES string of the molecule is COc1ccc(-c2nc(C(=O)O[C@H](C)c3nnc(-c4ccccc4)o3)cs2)cc1. The van der Waals surface area contributed by atoms with E-state index in [4.69, 9.17) is 13.9 Å². The fraction of sp³-hybridized carbons (Fsp3) is 0.143. The molecule has 1 atom stereocenters. The molecule has 0 aliphatic rings. The highest BCUT2D eigenvalue weighted by atomic mass is 32.1. The van der Waals surface area contributed by atoms with Crippen LogP contribution in [-0.2, 0) is 4.74 Å². The van der Waals surface area contributed by atoms with Gasteiger partial charge in [0, 0.05) is 16.5 Å². The Morgan fingerprint density at radius 3 is 2.52 bits per heavy atom. The van der Waals surface area contributed by atoms with Gasteiger partial charge in [0.15, 0.2) is 11.8 Å². The Morgan fingerprint density at radius 2 is 1.79 bits per heavy atom. The van der Waals surface area contributed by atoms with Crippen LogP contribution in [-0.4, -0.2) is 28.3 Å². The van der Waals surface area contributed by atoms with Gasteiger partial charge in [0.25, 0.3) is 5.89 Å². The number of benzene rings is 2. The predicted molar refractivity (Wildman–Crippen MR) is 108 cm³/mol. The standard InChI is InChI=1S/C21H17N3O4S/c1-13(18-23-24-19(28-18)14-6-4-3-5-7-14)27-21(25)17-12-29-20(22-17)15-8-10-16(26-2)11-9-15/h3-13H,1-2H3/t13-/m1/s1. The van der Waals surface area contributed by atoms with Crippen molar-refractivity contribution in [1.82, 2.24) is 15.2 Å². The molecule has 0 spiro atoms. The fourth-order valence-electron chi connectivity index (χ4n) is 2.60. The van der Waals surface area contributed by atoms with Crippen molar-refractivity contribution in [3.05, 3.63) is 71.6 Å². The maximum Gasteiger partial charge on any atom is 0.358 e. The number of thiazole rings is 1. The van der Waals surface area contributed by atoms with E-state index in [-0.39, 0.29) is 11.6 Å². The van der Waals surface area contributed by atoms with Gasteiger partial charge in [-0.25, -0.2) is 9.78 Å². The third kappa shape index (κ3) is 4.17. The van der Waals surface area contributed by atoms with Crippen molar-refractivity contribution in [2.24, 2.45) is 0 Å². The quantitative estimate of drug-likeness (QED) is 0.425. The summed E-state index contributed by atoms with van der Waals surface area (Å²) in [5, 5.41) is 10.4. The zero-order chi connectivity index (χ0) is 20.2. The third-order valence-corrected chi connectivity index (χ3v) is 5.03. The summed E-state index contributed by atoms with van der Waals surface area (Å²) in [7, 11) is 1.61. The van der Waals surface area contributed by atoms with Crippen LogP contribution in [0.5, 0.6) is 5.75 Å². The van der Waals surface area contributed by atoms with Crippen LogP contribution in [0, 0.1) is 0 Å². The highest BCUT2D eigenvalue weighted by molar-refractivity contribution is 7.13. The van der Waals surface area contributed by atoms with Gasteiger partial charge < -0.3 is 13.9 Å². The molecule has 2 aromatic heterocycles. The fourth-order valence-corrected chi connectivity index (χ4v) is 3.40. The molecule has 0 saturated carbocycles. The van der Waals surface area contributed by atoms with Crippen molar-refractivity contribution < 1.29 is 18.7 Å². The van der Waals surface area contributed by atoms with E-state index in [0.29, 0.717) is 5.89 Å². The van der Waals surface area contributed by atoms with E-state index >= 15 is 0 Å². The average molecular weight is 407 g/mol. The molecule has 4 aromatic rings. The van der Waals surface area contributed by atoms with Gasteiger partial charge in [0.05, 0.1) is 7.11 Å². The van der Waals surface area contributed by atoms with E-state index in [0.717, 1.165) is 21.9 Å². The Morgan fingerprint density at radius 1 is 1.03 bits per heavy atom. The van der Waals surface area contributed by atoms with Gasteiger partial charge in [0.2, 0.25) is 5.89 Å². The van der Waals surface area contributed by atoms with Crippen LogP contribution in [0.2, 0.25) is 0 Å². The lowest BCUT2D eigenvalue weighted by molar-refractivity contribution is 0.0274. The van der Waals surface area contributed by atoms with E-state index in [1.54, 1.807) is 19.4 Å². The van der Waals surface area contributed by atoms with E-state index in [9.17, 15) is 4.79 Å². The first kappa shape index (κ1) is 18.8. The van der Waals surface area contributed by atoms with E-state index in [1.165, 1.54) is 11.3 Å². The Hall–Kier alpha value is -3.52. The molecular weight excluding hydrogens is 390 g/mol. The number of methoxy groups -OCH3 is 1. The average Bonchev–Trinajstić information content (AvgIpc) is 3.45. The number of rotatable bonds is 6. The maximum atomic E-state index is 12.5. The van der Waals surface area contributed by atoms with Crippen LogP contribution < -0.4 is 4.74 Å². The second-order valence-corrected chi connectivity index (χ2v) is 6.98. The van der Waals surface area contributed by atoms with E-state index in [2.05, 4.69) is 15.2 Å². The molecule has 0 unspecified atom stereocenters. The summed E-state index contributed by atoms with van der Waals surface area (Å²) in [5.74, 6) is 0.808. The molecule has 0 fully saturated rings. The van der Waals surface area contributed by atoms with E-state index < -0.39 is 12.1 Å². The summed E-state index contributed by atoms with van der Waals surface area (Å²) >= 11 is 1.36. The Bertz CT molecular complexity index is 1110. The molecule has 29 heavy (non-hydrogen) atoms. The summed E-state index contributed by atoms with van der Waals surface area (Å²) in [5.41, 5.74) is 1.93. The Labute approximate surface area is 171 Å². The number of aromatic nitrogens is 3. The molecule has 0 saturated heterocycles. The minimum absolute atomic E-state index is 0.225. The van der Waals surface area contributed by atoms with Crippen molar-refractivity contribution in [2.45, 2.75) is 13.0 Å². The lowest BCUT2D eigenvalue weighted by atomic mass is 10.2. The summed E-state index contributed by atoms with van der Waals surface area (Å²) in [4.78, 5) is 16.8. The zero-order valence-electron chi connectivity index (χ0n) is 15.7. The van der Waals surface area contributed by atoms with Crippen molar-refractivity contribution in [3.63, 3.8) is 0 Å². The summed E-state index contributed by atoms with van der Waals surface area (Å²) in [6, 6.07) is 16.9. The summed E-state index contributed by atoms with van der Waals surface area (Å²) in [6.07, 6.45) is -0.696. The number of hydrogen-bond acceptors (Lipinski definition) is 8. The second-order valence-electron chi connectivity index (χ2n) is 6.13. The molecule has 2 heterocycles. The molecule has 2 aromatic carbocycles. The summed E-state index contributed by atoms with van der Waals surface area (Å²) < 4.78 is 16.2. The predicted octanol–water partition coefficient (Wildman–Crippen LogP) is 4.79. The van der Waals surface area contributed by atoms with Crippen LogP contribution in [0.15, 0.2) is 64.4 Å².